The molecule has 1 aliphatic rings. The van der Waals surface area contributed by atoms with E-state index in [9.17, 15) is 4.79 Å². The predicted molar refractivity (Wildman–Crippen MR) is 63.1 cm³/mol. The van der Waals surface area contributed by atoms with Crippen LogP contribution in [0.2, 0.25) is 0 Å². The first-order valence-corrected chi connectivity index (χ1v) is 6.04. The molecule has 3 rings (SSSR count). The van der Waals surface area contributed by atoms with Crippen molar-refractivity contribution in [1.82, 2.24) is 15.0 Å². The average molecular weight is 263 g/mol. The van der Waals surface area contributed by atoms with Crippen LogP contribution >= 0.6 is 0 Å². The van der Waals surface area contributed by atoms with Gasteiger partial charge in [0.05, 0.1) is 19.4 Å². The average Bonchev–Trinajstić information content (AvgIpc) is 2.89. The fraction of sp³-hybridized carbons (Fsp3) is 0.417. The van der Waals surface area contributed by atoms with E-state index in [1.807, 2.05) is 4.90 Å². The molecule has 0 unspecified atom stereocenters. The van der Waals surface area contributed by atoms with Crippen LogP contribution in [-0.2, 0) is 11.3 Å². The van der Waals surface area contributed by atoms with Gasteiger partial charge in [0.25, 0.3) is 5.89 Å². The first-order valence-electron chi connectivity index (χ1n) is 6.04. The van der Waals surface area contributed by atoms with E-state index in [4.69, 9.17) is 14.0 Å². The molecule has 1 aliphatic carbocycles. The minimum Gasteiger partial charge on any atom is -0.480 e. The fourth-order valence-electron chi connectivity index (χ4n) is 1.93. The molecular weight excluding hydrogens is 250 g/mol. The van der Waals surface area contributed by atoms with Crippen LogP contribution in [0, 0.1) is 0 Å². The van der Waals surface area contributed by atoms with Crippen LogP contribution in [-0.4, -0.2) is 38.7 Å². The molecule has 100 valence electrons. The summed E-state index contributed by atoms with van der Waals surface area (Å²) in [7, 11) is 0. The zero-order valence-electron chi connectivity index (χ0n) is 10.2. The van der Waals surface area contributed by atoms with E-state index in [0.29, 0.717) is 30.1 Å². The van der Waals surface area contributed by atoms with E-state index in [2.05, 4.69) is 10.1 Å². The smallest absolute Gasteiger partial charge is 0.317 e. The minimum atomic E-state index is -0.846. The van der Waals surface area contributed by atoms with Gasteiger partial charge in [0, 0.05) is 6.04 Å². The van der Waals surface area contributed by atoms with Crippen LogP contribution in [0.3, 0.4) is 0 Å². The maximum absolute atomic E-state index is 10.8. The monoisotopic (exact) mass is 263 g/mol. The molecule has 0 atom stereocenters. The van der Waals surface area contributed by atoms with Crippen LogP contribution in [0.4, 0.5) is 0 Å². The maximum Gasteiger partial charge on any atom is 0.317 e. The lowest BCUT2D eigenvalue weighted by Crippen LogP contribution is -2.31. The normalized spacial score (nSPS) is 15.0. The summed E-state index contributed by atoms with van der Waals surface area (Å²) in [6, 6.07) is 3.79. The molecule has 1 saturated carbocycles. The van der Waals surface area contributed by atoms with Crippen molar-refractivity contribution in [2.45, 2.75) is 25.4 Å². The Kier molecular flexibility index (Phi) is 3.04. The van der Waals surface area contributed by atoms with E-state index in [0.717, 1.165) is 12.8 Å². The zero-order valence-corrected chi connectivity index (χ0v) is 10.2. The summed E-state index contributed by atoms with van der Waals surface area (Å²) in [5, 5.41) is 12.7. The van der Waals surface area contributed by atoms with Gasteiger partial charge in [0.2, 0.25) is 0 Å². The molecule has 0 aliphatic heterocycles. The van der Waals surface area contributed by atoms with Gasteiger partial charge in [-0.2, -0.15) is 4.98 Å². The van der Waals surface area contributed by atoms with Crippen molar-refractivity contribution in [1.29, 1.82) is 0 Å². The van der Waals surface area contributed by atoms with E-state index in [1.54, 1.807) is 12.1 Å². The van der Waals surface area contributed by atoms with Gasteiger partial charge in [-0.3, -0.25) is 9.69 Å². The Hall–Kier alpha value is -2.15. The van der Waals surface area contributed by atoms with Crippen molar-refractivity contribution < 1.29 is 18.8 Å². The van der Waals surface area contributed by atoms with Crippen LogP contribution in [0.25, 0.3) is 11.7 Å². The highest BCUT2D eigenvalue weighted by molar-refractivity contribution is 5.69. The zero-order chi connectivity index (χ0) is 13.2. The molecule has 0 spiro atoms. The van der Waals surface area contributed by atoms with Gasteiger partial charge in [-0.25, -0.2) is 0 Å². The number of hydrogen-bond donors (Lipinski definition) is 1. The molecule has 2 aromatic rings. The number of carboxylic acid groups (broad SMARTS) is 1. The summed E-state index contributed by atoms with van der Waals surface area (Å²) in [6.07, 6.45) is 3.58. The molecule has 1 N–H and O–H groups in total. The van der Waals surface area contributed by atoms with Crippen LogP contribution in [0.15, 0.2) is 27.3 Å². The molecule has 19 heavy (non-hydrogen) atoms. The molecule has 0 amide bonds. The van der Waals surface area contributed by atoms with Crippen molar-refractivity contribution in [3.8, 4) is 11.7 Å². The second-order valence-electron chi connectivity index (χ2n) is 4.52. The Labute approximate surface area is 108 Å². The Bertz CT molecular complexity index is 559. The first-order chi connectivity index (χ1) is 9.22. The number of rotatable bonds is 6. The second-order valence-corrected chi connectivity index (χ2v) is 4.52. The summed E-state index contributed by atoms with van der Waals surface area (Å²) in [5.41, 5.74) is 0. The lowest BCUT2D eigenvalue weighted by atomic mass is 10.4. The number of hydrogen-bond acceptors (Lipinski definition) is 6. The van der Waals surface area contributed by atoms with Crippen molar-refractivity contribution in [2.24, 2.45) is 0 Å². The largest absolute Gasteiger partial charge is 0.480 e. The van der Waals surface area contributed by atoms with Gasteiger partial charge in [-0.05, 0) is 25.0 Å². The minimum absolute atomic E-state index is 0.00467. The lowest BCUT2D eigenvalue weighted by Gasteiger charge is -2.16. The number of nitrogens with zero attached hydrogens (tertiary/aromatic N) is 3. The molecular formula is C12H13N3O4. The Morgan fingerprint density at radius 3 is 3.00 bits per heavy atom. The standard InChI is InChI=1S/C12H13N3O4/c16-11(17)7-15(8-3-4-8)6-10-13-12(19-14-10)9-2-1-5-18-9/h1-2,5,8H,3-4,6-7H2,(H,16,17). The highest BCUT2D eigenvalue weighted by Crippen LogP contribution is 2.28. The Morgan fingerprint density at radius 2 is 2.37 bits per heavy atom. The van der Waals surface area contributed by atoms with Crippen molar-refractivity contribution in [2.75, 3.05) is 6.54 Å². The third kappa shape index (κ3) is 2.82. The van der Waals surface area contributed by atoms with E-state index in [-0.39, 0.29) is 6.54 Å². The van der Waals surface area contributed by atoms with Gasteiger partial charge < -0.3 is 14.0 Å². The van der Waals surface area contributed by atoms with Gasteiger partial charge in [-0.15, -0.1) is 0 Å². The maximum atomic E-state index is 10.8. The molecule has 2 heterocycles. The topological polar surface area (TPSA) is 92.6 Å². The highest BCUT2D eigenvalue weighted by Gasteiger charge is 2.31. The number of furan rings is 1. The number of aromatic nitrogens is 2. The summed E-state index contributed by atoms with van der Waals surface area (Å²) in [4.78, 5) is 16.9. The summed E-state index contributed by atoms with van der Waals surface area (Å²) < 4.78 is 10.2. The third-order valence-corrected chi connectivity index (χ3v) is 2.95. The third-order valence-electron chi connectivity index (χ3n) is 2.95. The summed E-state index contributed by atoms with van der Waals surface area (Å²) in [5.74, 6) is 0.447. The van der Waals surface area contributed by atoms with Gasteiger partial charge >= 0.3 is 5.97 Å². The van der Waals surface area contributed by atoms with Crippen LogP contribution < -0.4 is 0 Å². The molecule has 7 heteroatoms. The van der Waals surface area contributed by atoms with Gasteiger partial charge in [0.15, 0.2) is 11.6 Å². The van der Waals surface area contributed by atoms with Gasteiger partial charge in [-0.1, -0.05) is 5.16 Å². The molecule has 0 bridgehead atoms. The number of carbonyl (C=O) groups is 1. The summed E-state index contributed by atoms with van der Waals surface area (Å²) in [6.45, 7) is 0.371. The molecule has 0 saturated heterocycles. The van der Waals surface area contributed by atoms with E-state index in [1.165, 1.54) is 6.26 Å². The summed E-state index contributed by atoms with van der Waals surface area (Å²) >= 11 is 0. The Balaban J connectivity index is 1.70. The van der Waals surface area contributed by atoms with Crippen molar-refractivity contribution in [3.05, 3.63) is 24.2 Å². The molecule has 2 aromatic heterocycles. The highest BCUT2D eigenvalue weighted by atomic mass is 16.5. The molecule has 0 aromatic carbocycles. The van der Waals surface area contributed by atoms with Crippen LogP contribution in [0.5, 0.6) is 0 Å². The molecule has 1 fully saturated rings. The quantitative estimate of drug-likeness (QED) is 0.841. The number of carboxylic acids is 1. The second kappa shape index (κ2) is 4.85. The predicted octanol–water partition coefficient (Wildman–Crippen LogP) is 1.38. The molecule has 7 nitrogen and oxygen atoms in total. The SMILES string of the molecule is O=C(O)CN(Cc1noc(-c2ccco2)n1)C1CC1. The molecule has 0 radical (unpaired) electrons. The lowest BCUT2D eigenvalue weighted by molar-refractivity contribution is -0.138. The Morgan fingerprint density at radius 1 is 1.53 bits per heavy atom. The van der Waals surface area contributed by atoms with E-state index >= 15 is 0 Å². The number of aliphatic carboxylic acids is 1. The first kappa shape index (κ1) is 11.9. The van der Waals surface area contributed by atoms with E-state index < -0.39 is 5.97 Å². The fourth-order valence-corrected chi connectivity index (χ4v) is 1.93. The van der Waals surface area contributed by atoms with Crippen LogP contribution in [0.1, 0.15) is 18.7 Å². The van der Waals surface area contributed by atoms with Gasteiger partial charge in [0.1, 0.15) is 0 Å². The van der Waals surface area contributed by atoms with Crippen molar-refractivity contribution in [3.63, 3.8) is 0 Å². The van der Waals surface area contributed by atoms with Crippen molar-refractivity contribution >= 4 is 5.97 Å².